The highest BCUT2D eigenvalue weighted by atomic mass is 79.9. The predicted octanol–water partition coefficient (Wildman–Crippen LogP) is 2.32. The Morgan fingerprint density at radius 1 is 1.22 bits per heavy atom. The van der Waals surface area contributed by atoms with Crippen LogP contribution in [-0.2, 0) is 0 Å². The van der Waals surface area contributed by atoms with Crippen molar-refractivity contribution in [2.24, 2.45) is 0 Å². The van der Waals surface area contributed by atoms with Crippen molar-refractivity contribution in [2.45, 2.75) is 32.7 Å². The van der Waals surface area contributed by atoms with Crippen LogP contribution in [0.3, 0.4) is 0 Å². The molecule has 1 fully saturated rings. The minimum absolute atomic E-state index is 0.743. The first kappa shape index (κ1) is 7.55. The lowest BCUT2D eigenvalue weighted by atomic mass is 10.3. The summed E-state index contributed by atoms with van der Waals surface area (Å²) in [7, 11) is 0. The summed E-state index contributed by atoms with van der Waals surface area (Å²) in [4.78, 5) is 0. The fourth-order valence-electron chi connectivity index (χ4n) is 1.38. The molecule has 0 saturated carbocycles. The molecule has 1 aliphatic heterocycles. The zero-order valence-electron chi connectivity index (χ0n) is 6.23. The van der Waals surface area contributed by atoms with Crippen LogP contribution in [-0.4, -0.2) is 22.6 Å². The molecule has 0 spiro atoms. The molecule has 1 saturated heterocycles. The summed E-state index contributed by atoms with van der Waals surface area (Å²) >= 11 is 3.75. The first-order chi connectivity index (χ1) is 4.15. The molecule has 1 aliphatic rings. The van der Waals surface area contributed by atoms with E-state index < -0.39 is 0 Å². The Morgan fingerprint density at radius 2 is 1.67 bits per heavy atom. The third-order valence-corrected chi connectivity index (χ3v) is 3.76. The highest BCUT2D eigenvalue weighted by Crippen LogP contribution is 2.28. The SMILES string of the molecule is CC(C)[N+]1(Br)CCCC1. The summed E-state index contributed by atoms with van der Waals surface area (Å²) in [5, 5.41) is 0. The Labute approximate surface area is 66.0 Å². The topological polar surface area (TPSA) is 0 Å². The molecule has 1 heterocycles. The van der Waals surface area contributed by atoms with E-state index in [1.807, 2.05) is 0 Å². The fourth-order valence-corrected chi connectivity index (χ4v) is 1.88. The number of hydrogen-bond donors (Lipinski definition) is 0. The van der Waals surface area contributed by atoms with Crippen LogP contribution < -0.4 is 0 Å². The van der Waals surface area contributed by atoms with Gasteiger partial charge in [-0.15, -0.1) is 0 Å². The van der Waals surface area contributed by atoms with Crippen LogP contribution >= 0.6 is 16.1 Å². The molecule has 9 heavy (non-hydrogen) atoms. The summed E-state index contributed by atoms with van der Waals surface area (Å²) in [5.74, 6) is 0. The van der Waals surface area contributed by atoms with Gasteiger partial charge in [-0.1, -0.05) is 0 Å². The van der Waals surface area contributed by atoms with Crippen LogP contribution in [0.15, 0.2) is 0 Å². The number of rotatable bonds is 1. The van der Waals surface area contributed by atoms with E-state index in [0.717, 1.165) is 9.55 Å². The molecule has 1 nitrogen and oxygen atoms in total. The molecule has 1 rings (SSSR count). The summed E-state index contributed by atoms with van der Waals surface area (Å²) in [6, 6.07) is 0.743. The zero-order chi connectivity index (χ0) is 6.91. The van der Waals surface area contributed by atoms with Gasteiger partial charge in [0.1, 0.15) is 0 Å². The summed E-state index contributed by atoms with van der Waals surface area (Å²) in [5.41, 5.74) is 0. The van der Waals surface area contributed by atoms with Crippen molar-refractivity contribution in [3.63, 3.8) is 0 Å². The van der Waals surface area contributed by atoms with Gasteiger partial charge in [0, 0.05) is 12.8 Å². The van der Waals surface area contributed by atoms with E-state index >= 15 is 0 Å². The third kappa shape index (κ3) is 1.47. The van der Waals surface area contributed by atoms with Crippen molar-refractivity contribution in [1.29, 1.82) is 0 Å². The van der Waals surface area contributed by atoms with E-state index in [2.05, 4.69) is 30.0 Å². The second-order valence-corrected chi connectivity index (χ2v) is 4.59. The van der Waals surface area contributed by atoms with Gasteiger partial charge in [0.05, 0.1) is 19.1 Å². The Balaban J connectivity index is 2.51. The van der Waals surface area contributed by atoms with Gasteiger partial charge in [-0.2, -0.15) is 0 Å². The van der Waals surface area contributed by atoms with Crippen LogP contribution in [0.1, 0.15) is 26.7 Å². The molecule has 0 unspecified atom stereocenters. The largest absolute Gasteiger partial charge is 0.254 e. The van der Waals surface area contributed by atoms with E-state index in [4.69, 9.17) is 0 Å². The Morgan fingerprint density at radius 3 is 1.89 bits per heavy atom. The molecule has 54 valence electrons. The zero-order valence-corrected chi connectivity index (χ0v) is 7.82. The normalized spacial score (nSPS) is 25.3. The summed E-state index contributed by atoms with van der Waals surface area (Å²) < 4.78 is 1.12. The van der Waals surface area contributed by atoms with Crippen molar-refractivity contribution >= 4 is 16.1 Å². The minimum Gasteiger partial charge on any atom is -0.254 e. The second kappa shape index (κ2) is 2.59. The minimum atomic E-state index is 0.743. The van der Waals surface area contributed by atoms with Crippen LogP contribution in [0.25, 0.3) is 0 Å². The van der Waals surface area contributed by atoms with Crippen molar-refractivity contribution in [3.8, 4) is 0 Å². The lowest BCUT2D eigenvalue weighted by Gasteiger charge is -2.28. The first-order valence-electron chi connectivity index (χ1n) is 3.71. The molecule has 0 aromatic carbocycles. The molecule has 0 N–H and O–H groups in total. The van der Waals surface area contributed by atoms with Crippen LogP contribution in [0.5, 0.6) is 0 Å². The second-order valence-electron chi connectivity index (χ2n) is 3.17. The van der Waals surface area contributed by atoms with Gasteiger partial charge in [0.2, 0.25) is 16.1 Å². The van der Waals surface area contributed by atoms with Gasteiger partial charge in [-0.3, -0.25) is 3.51 Å². The molecule has 2 heteroatoms. The molecule has 0 atom stereocenters. The molecule has 0 radical (unpaired) electrons. The van der Waals surface area contributed by atoms with Crippen molar-refractivity contribution in [2.75, 3.05) is 13.1 Å². The molecular formula is C7H15BrN+. The maximum atomic E-state index is 3.75. The standard InChI is InChI=1S/C7H15BrN/c1-7(2)9(8)5-3-4-6-9/h7H,3-6H2,1-2H3/q+1. The fraction of sp³-hybridized carbons (Fsp3) is 1.00. The number of nitrogens with zero attached hydrogens (tertiary/aromatic N) is 1. The number of quaternary nitrogens is 1. The molecule has 0 aromatic rings. The first-order valence-corrected chi connectivity index (χ1v) is 4.42. The molecule has 0 bridgehead atoms. The molecule has 0 aliphatic carbocycles. The van der Waals surface area contributed by atoms with E-state index in [1.165, 1.54) is 25.9 Å². The lowest BCUT2D eigenvalue weighted by Crippen LogP contribution is -2.40. The van der Waals surface area contributed by atoms with E-state index in [9.17, 15) is 0 Å². The highest BCUT2D eigenvalue weighted by molar-refractivity contribution is 9.05. The van der Waals surface area contributed by atoms with Crippen molar-refractivity contribution < 1.29 is 3.51 Å². The van der Waals surface area contributed by atoms with Gasteiger partial charge in [0.15, 0.2) is 0 Å². The van der Waals surface area contributed by atoms with Gasteiger partial charge < -0.3 is 0 Å². The molecule has 0 aromatic heterocycles. The van der Waals surface area contributed by atoms with Gasteiger partial charge in [-0.05, 0) is 13.8 Å². The van der Waals surface area contributed by atoms with Crippen LogP contribution in [0, 0.1) is 0 Å². The summed E-state index contributed by atoms with van der Waals surface area (Å²) in [6.45, 7) is 7.19. The average Bonchev–Trinajstić information content (AvgIpc) is 2.16. The Hall–Kier alpha value is 0.440. The van der Waals surface area contributed by atoms with E-state index in [1.54, 1.807) is 0 Å². The van der Waals surface area contributed by atoms with E-state index in [0.29, 0.717) is 0 Å². The number of halogens is 1. The highest BCUT2D eigenvalue weighted by Gasteiger charge is 2.32. The monoisotopic (exact) mass is 192 g/mol. The Bertz CT molecular complexity index is 95.1. The quantitative estimate of drug-likeness (QED) is 0.560. The lowest BCUT2D eigenvalue weighted by molar-refractivity contribution is -0.789. The predicted molar refractivity (Wildman–Crippen MR) is 43.3 cm³/mol. The smallest absolute Gasteiger partial charge is 0.227 e. The van der Waals surface area contributed by atoms with Crippen molar-refractivity contribution in [3.05, 3.63) is 0 Å². The average molecular weight is 193 g/mol. The number of likely N-dealkylation sites (tertiary alicyclic amines) is 1. The van der Waals surface area contributed by atoms with Crippen molar-refractivity contribution in [1.82, 2.24) is 0 Å². The molecular weight excluding hydrogens is 178 g/mol. The van der Waals surface area contributed by atoms with Gasteiger partial charge in [0.25, 0.3) is 0 Å². The van der Waals surface area contributed by atoms with Crippen LogP contribution in [0.4, 0.5) is 0 Å². The van der Waals surface area contributed by atoms with Gasteiger partial charge in [-0.25, -0.2) is 0 Å². The molecule has 0 amide bonds. The van der Waals surface area contributed by atoms with E-state index in [-0.39, 0.29) is 0 Å². The van der Waals surface area contributed by atoms with Gasteiger partial charge >= 0.3 is 0 Å². The Kier molecular flexibility index (Phi) is 2.17. The van der Waals surface area contributed by atoms with Crippen LogP contribution in [0.2, 0.25) is 0 Å². The maximum absolute atomic E-state index is 3.75. The summed E-state index contributed by atoms with van der Waals surface area (Å²) in [6.07, 6.45) is 2.78. The maximum Gasteiger partial charge on any atom is 0.227 e. The number of hydrogen-bond acceptors (Lipinski definition) is 0. The third-order valence-electron chi connectivity index (χ3n) is 2.24.